The Hall–Kier alpha value is -2.38. The molecule has 3 amide bonds. The van der Waals surface area contributed by atoms with Crippen LogP contribution in [0.4, 0.5) is 15.3 Å². The summed E-state index contributed by atoms with van der Waals surface area (Å²) in [5.41, 5.74) is 0.975. The first-order valence-corrected chi connectivity index (χ1v) is 8.89. The highest BCUT2D eigenvalue weighted by molar-refractivity contribution is 5.90. The lowest BCUT2D eigenvalue weighted by Crippen LogP contribution is -2.57. The molecule has 2 atom stereocenters. The summed E-state index contributed by atoms with van der Waals surface area (Å²) in [7, 11) is 0. The van der Waals surface area contributed by atoms with Gasteiger partial charge in [0.25, 0.3) is 0 Å². The number of hydrogen-bond donors (Lipinski definition) is 2. The van der Waals surface area contributed by atoms with Gasteiger partial charge in [-0.3, -0.25) is 0 Å². The number of piperidine rings is 1. The molecule has 8 nitrogen and oxygen atoms in total. The molecule has 2 rings (SSSR count). The summed E-state index contributed by atoms with van der Waals surface area (Å²) in [4.78, 5) is 26.4. The molecular weight excluding hydrogens is 334 g/mol. The third-order valence-electron chi connectivity index (χ3n) is 4.38. The molecule has 1 fully saturated rings. The molecule has 0 saturated carbocycles. The van der Waals surface area contributed by atoms with Crippen LogP contribution in [0.2, 0.25) is 0 Å². The zero-order chi connectivity index (χ0) is 19.5. The SMILES string of the molecule is Cc1cnncc1NC(=O)N1CC(C)C(NC(=O)OC(C)(C)C)C(C)C1. The van der Waals surface area contributed by atoms with Crippen molar-refractivity contribution in [1.29, 1.82) is 0 Å². The minimum absolute atomic E-state index is 0.0433. The maximum Gasteiger partial charge on any atom is 0.407 e. The zero-order valence-corrected chi connectivity index (χ0v) is 16.4. The largest absolute Gasteiger partial charge is 0.444 e. The molecule has 8 heteroatoms. The minimum Gasteiger partial charge on any atom is -0.444 e. The lowest BCUT2D eigenvalue weighted by molar-refractivity contribution is 0.0411. The van der Waals surface area contributed by atoms with Gasteiger partial charge in [0.1, 0.15) is 5.60 Å². The van der Waals surface area contributed by atoms with Crippen LogP contribution in [0, 0.1) is 18.8 Å². The van der Waals surface area contributed by atoms with Gasteiger partial charge in [0.05, 0.1) is 18.1 Å². The zero-order valence-electron chi connectivity index (χ0n) is 16.4. The predicted octanol–water partition coefficient (Wildman–Crippen LogP) is 2.80. The minimum atomic E-state index is -0.534. The third kappa shape index (κ3) is 5.31. The Morgan fingerprint density at radius 3 is 2.27 bits per heavy atom. The number of urea groups is 1. The highest BCUT2D eigenvalue weighted by atomic mass is 16.6. The standard InChI is InChI=1S/C18H29N5O3/c1-11-7-19-20-8-14(11)21-16(24)23-9-12(2)15(13(3)10-23)22-17(25)26-18(4,5)6/h7-8,12-13,15H,9-10H2,1-6H3,(H,22,25)(H,19,21,24). The van der Waals surface area contributed by atoms with E-state index in [0.717, 1.165) is 5.56 Å². The molecular formula is C18H29N5O3. The summed E-state index contributed by atoms with van der Waals surface area (Å²) in [5.74, 6) is 0.211. The molecule has 1 saturated heterocycles. The predicted molar refractivity (Wildman–Crippen MR) is 98.8 cm³/mol. The van der Waals surface area contributed by atoms with Crippen LogP contribution < -0.4 is 10.6 Å². The molecule has 26 heavy (non-hydrogen) atoms. The summed E-state index contributed by atoms with van der Waals surface area (Å²) in [6, 6.07) is -0.214. The number of likely N-dealkylation sites (tertiary alicyclic amines) is 1. The van der Waals surface area contributed by atoms with Crippen molar-refractivity contribution < 1.29 is 14.3 Å². The molecule has 2 N–H and O–H groups in total. The van der Waals surface area contributed by atoms with Gasteiger partial charge in [-0.1, -0.05) is 13.8 Å². The first kappa shape index (κ1) is 19.9. The number of rotatable bonds is 2. The van der Waals surface area contributed by atoms with Crippen molar-refractivity contribution >= 4 is 17.8 Å². The number of alkyl carbamates (subject to hydrolysis) is 1. The molecule has 0 spiro atoms. The number of anilines is 1. The number of nitrogens with zero attached hydrogens (tertiary/aromatic N) is 3. The van der Waals surface area contributed by atoms with Crippen molar-refractivity contribution in [2.75, 3.05) is 18.4 Å². The molecule has 1 aliphatic rings. The van der Waals surface area contributed by atoms with Gasteiger partial charge in [0, 0.05) is 19.1 Å². The molecule has 0 bridgehead atoms. The second-order valence-electron chi connectivity index (χ2n) is 8.05. The average molecular weight is 363 g/mol. The Labute approximate surface area is 154 Å². The Morgan fingerprint density at radius 1 is 1.15 bits per heavy atom. The first-order chi connectivity index (χ1) is 12.1. The van der Waals surface area contributed by atoms with Crippen molar-refractivity contribution in [3.63, 3.8) is 0 Å². The second kappa shape index (κ2) is 7.88. The van der Waals surface area contributed by atoms with Crippen LogP contribution in [0.3, 0.4) is 0 Å². The molecule has 1 aliphatic heterocycles. The maximum atomic E-state index is 12.6. The Morgan fingerprint density at radius 2 is 1.73 bits per heavy atom. The number of ether oxygens (including phenoxy) is 1. The van der Waals surface area contributed by atoms with E-state index >= 15 is 0 Å². The van der Waals surface area contributed by atoms with Gasteiger partial charge in [-0.15, -0.1) is 0 Å². The number of amides is 3. The highest BCUT2D eigenvalue weighted by Gasteiger charge is 2.35. The van der Waals surface area contributed by atoms with Crippen LogP contribution in [-0.4, -0.2) is 52.0 Å². The highest BCUT2D eigenvalue weighted by Crippen LogP contribution is 2.24. The lowest BCUT2D eigenvalue weighted by Gasteiger charge is -2.41. The molecule has 144 valence electrons. The summed E-state index contributed by atoms with van der Waals surface area (Å²) in [5, 5.41) is 13.4. The third-order valence-corrected chi connectivity index (χ3v) is 4.38. The monoisotopic (exact) mass is 363 g/mol. The van der Waals surface area contributed by atoms with E-state index in [2.05, 4.69) is 20.8 Å². The van der Waals surface area contributed by atoms with Gasteiger partial charge in [-0.2, -0.15) is 10.2 Å². The smallest absolute Gasteiger partial charge is 0.407 e. The fraction of sp³-hybridized carbons (Fsp3) is 0.667. The van der Waals surface area contributed by atoms with Crippen molar-refractivity contribution in [2.24, 2.45) is 11.8 Å². The van der Waals surface area contributed by atoms with Gasteiger partial charge in [-0.05, 0) is 45.1 Å². The molecule has 1 aromatic heterocycles. The van der Waals surface area contributed by atoms with Gasteiger partial charge in [0.15, 0.2) is 0 Å². The van der Waals surface area contributed by atoms with E-state index in [1.165, 1.54) is 6.20 Å². The van der Waals surface area contributed by atoms with Crippen LogP contribution in [0.1, 0.15) is 40.2 Å². The number of aromatic nitrogens is 2. The molecule has 2 heterocycles. The van der Waals surface area contributed by atoms with Crippen LogP contribution in [-0.2, 0) is 4.74 Å². The van der Waals surface area contributed by atoms with Crippen molar-refractivity contribution in [1.82, 2.24) is 20.4 Å². The summed E-state index contributed by atoms with van der Waals surface area (Å²) in [6.45, 7) is 12.5. The first-order valence-electron chi connectivity index (χ1n) is 8.89. The number of hydrogen-bond acceptors (Lipinski definition) is 5. The molecule has 0 aromatic carbocycles. The summed E-state index contributed by atoms with van der Waals surface area (Å²) >= 11 is 0. The summed E-state index contributed by atoms with van der Waals surface area (Å²) < 4.78 is 5.35. The van der Waals surface area contributed by atoms with E-state index in [9.17, 15) is 9.59 Å². The quantitative estimate of drug-likeness (QED) is 0.842. The molecule has 1 aromatic rings. The Bertz CT molecular complexity index is 646. The van der Waals surface area contributed by atoms with Gasteiger partial charge in [-0.25, -0.2) is 9.59 Å². The van der Waals surface area contributed by atoms with E-state index in [0.29, 0.717) is 18.8 Å². The lowest BCUT2D eigenvalue weighted by atomic mass is 9.86. The van der Waals surface area contributed by atoms with Crippen LogP contribution in [0.25, 0.3) is 0 Å². The summed E-state index contributed by atoms with van der Waals surface area (Å²) in [6.07, 6.45) is 2.73. The fourth-order valence-corrected chi connectivity index (χ4v) is 3.16. The van der Waals surface area contributed by atoms with Gasteiger partial charge >= 0.3 is 12.1 Å². The maximum absolute atomic E-state index is 12.6. The Balaban J connectivity index is 1.96. The van der Waals surface area contributed by atoms with E-state index in [1.54, 1.807) is 11.1 Å². The van der Waals surface area contributed by atoms with Crippen LogP contribution in [0.5, 0.6) is 0 Å². The average Bonchev–Trinajstić information content (AvgIpc) is 2.51. The van der Waals surface area contributed by atoms with E-state index in [4.69, 9.17) is 4.74 Å². The van der Waals surface area contributed by atoms with Crippen LogP contribution in [0.15, 0.2) is 12.4 Å². The number of carbonyl (C=O) groups is 2. The fourth-order valence-electron chi connectivity index (χ4n) is 3.16. The molecule has 0 radical (unpaired) electrons. The molecule has 0 aliphatic carbocycles. The normalized spacial score (nSPS) is 23.3. The van der Waals surface area contributed by atoms with Gasteiger partial charge < -0.3 is 20.3 Å². The van der Waals surface area contributed by atoms with E-state index < -0.39 is 11.7 Å². The van der Waals surface area contributed by atoms with Crippen molar-refractivity contribution in [3.05, 3.63) is 18.0 Å². The number of aryl methyl sites for hydroxylation is 1. The van der Waals surface area contributed by atoms with E-state index in [1.807, 2.05) is 41.5 Å². The van der Waals surface area contributed by atoms with Gasteiger partial charge in [0.2, 0.25) is 0 Å². The van der Waals surface area contributed by atoms with Crippen molar-refractivity contribution in [2.45, 2.75) is 53.2 Å². The number of carbonyl (C=O) groups excluding carboxylic acids is 2. The molecule has 2 unspecified atom stereocenters. The van der Waals surface area contributed by atoms with Crippen LogP contribution >= 0.6 is 0 Å². The second-order valence-corrected chi connectivity index (χ2v) is 8.05. The topological polar surface area (TPSA) is 96.5 Å². The van der Waals surface area contributed by atoms with E-state index in [-0.39, 0.29) is 23.9 Å². The van der Waals surface area contributed by atoms with Crippen molar-refractivity contribution in [3.8, 4) is 0 Å². The number of nitrogens with one attached hydrogen (secondary N) is 2. The Kier molecular flexibility index (Phi) is 6.05.